The Hall–Kier alpha value is -1.74. The number of ether oxygens (including phenoxy) is 1. The molecule has 1 unspecified atom stereocenters. The Bertz CT molecular complexity index is 604. The monoisotopic (exact) mass is 365 g/mol. The normalized spacial score (nSPS) is 18.0. The molecule has 0 saturated carbocycles. The quantitative estimate of drug-likeness (QED) is 0.866. The first-order chi connectivity index (χ1) is 10.3. The van der Waals surface area contributed by atoms with Crippen molar-refractivity contribution < 1.29 is 9.53 Å². The zero-order chi connectivity index (χ0) is 16.3. The number of halogens is 1. The summed E-state index contributed by atoms with van der Waals surface area (Å²) in [5, 5.41) is 12.3. The number of nitrogens with zero attached hydrogens (tertiary/aromatic N) is 2. The van der Waals surface area contributed by atoms with Crippen LogP contribution in [0.2, 0.25) is 0 Å². The maximum Gasteiger partial charge on any atom is 0.410 e. The smallest absolute Gasteiger partial charge is 0.410 e. The minimum absolute atomic E-state index is 0.178. The van der Waals surface area contributed by atoms with Crippen LogP contribution in [0.4, 0.5) is 10.5 Å². The standard InChI is InChI=1S/C16H20BrN3O2/c1-16(2,3)22-15(21)20-7-6-12(10-20)19-14-5-4-11(9-18)8-13(14)17/h4-5,8,12,19H,6-7,10H2,1-3H3. The highest BCUT2D eigenvalue weighted by Gasteiger charge is 2.29. The van der Waals surface area contributed by atoms with Gasteiger partial charge in [-0.2, -0.15) is 5.26 Å². The Morgan fingerprint density at radius 1 is 1.50 bits per heavy atom. The van der Waals surface area contributed by atoms with Gasteiger partial charge in [0.15, 0.2) is 0 Å². The van der Waals surface area contributed by atoms with E-state index in [1.54, 1.807) is 17.0 Å². The number of nitriles is 1. The maximum atomic E-state index is 12.0. The van der Waals surface area contributed by atoms with E-state index in [4.69, 9.17) is 10.00 Å². The first-order valence-electron chi connectivity index (χ1n) is 7.22. The van der Waals surface area contributed by atoms with Gasteiger partial charge in [0.2, 0.25) is 0 Å². The van der Waals surface area contributed by atoms with Crippen molar-refractivity contribution in [1.29, 1.82) is 5.26 Å². The molecule has 0 radical (unpaired) electrons. The Balaban J connectivity index is 1.94. The summed E-state index contributed by atoms with van der Waals surface area (Å²) in [6.07, 6.45) is 0.599. The van der Waals surface area contributed by atoms with Gasteiger partial charge in [0.1, 0.15) is 5.60 Å². The van der Waals surface area contributed by atoms with Gasteiger partial charge in [0.25, 0.3) is 0 Å². The molecule has 1 heterocycles. The SMILES string of the molecule is CC(C)(C)OC(=O)N1CCC(Nc2ccc(C#N)cc2Br)C1. The molecule has 1 saturated heterocycles. The minimum atomic E-state index is -0.473. The topological polar surface area (TPSA) is 65.4 Å². The highest BCUT2D eigenvalue weighted by Crippen LogP contribution is 2.26. The summed E-state index contributed by atoms with van der Waals surface area (Å²) in [4.78, 5) is 13.8. The molecule has 1 amide bonds. The van der Waals surface area contributed by atoms with Gasteiger partial charge < -0.3 is 15.0 Å². The van der Waals surface area contributed by atoms with Gasteiger partial charge in [-0.25, -0.2) is 4.79 Å². The second-order valence-electron chi connectivity index (χ2n) is 6.36. The largest absolute Gasteiger partial charge is 0.444 e. The van der Waals surface area contributed by atoms with Crippen molar-refractivity contribution in [3.63, 3.8) is 0 Å². The lowest BCUT2D eigenvalue weighted by atomic mass is 10.2. The van der Waals surface area contributed by atoms with E-state index >= 15 is 0 Å². The molecule has 1 N–H and O–H groups in total. The van der Waals surface area contributed by atoms with Crippen molar-refractivity contribution >= 4 is 27.7 Å². The van der Waals surface area contributed by atoms with Crippen LogP contribution in [-0.2, 0) is 4.74 Å². The molecule has 1 aromatic rings. The second kappa shape index (κ2) is 6.57. The zero-order valence-corrected chi connectivity index (χ0v) is 14.6. The molecule has 0 aromatic heterocycles. The first-order valence-corrected chi connectivity index (χ1v) is 8.02. The Morgan fingerprint density at radius 3 is 2.82 bits per heavy atom. The van der Waals surface area contributed by atoms with Crippen LogP contribution >= 0.6 is 15.9 Å². The predicted octanol–water partition coefficient (Wildman–Crippen LogP) is 3.74. The number of benzene rings is 1. The highest BCUT2D eigenvalue weighted by atomic mass is 79.9. The van der Waals surface area contributed by atoms with E-state index in [2.05, 4.69) is 27.3 Å². The third-order valence-corrected chi connectivity index (χ3v) is 3.95. The highest BCUT2D eigenvalue weighted by molar-refractivity contribution is 9.10. The van der Waals surface area contributed by atoms with Crippen LogP contribution in [0, 0.1) is 11.3 Å². The van der Waals surface area contributed by atoms with E-state index in [0.717, 1.165) is 16.6 Å². The molecule has 1 aliphatic heterocycles. The molecule has 0 aliphatic carbocycles. The Morgan fingerprint density at radius 2 is 2.23 bits per heavy atom. The fraction of sp³-hybridized carbons (Fsp3) is 0.500. The molecule has 0 spiro atoms. The van der Waals surface area contributed by atoms with E-state index in [1.165, 1.54) is 0 Å². The van der Waals surface area contributed by atoms with Crippen molar-refractivity contribution in [1.82, 2.24) is 4.90 Å². The Labute approximate surface area is 139 Å². The van der Waals surface area contributed by atoms with E-state index in [-0.39, 0.29) is 12.1 Å². The molecule has 1 fully saturated rings. The van der Waals surface area contributed by atoms with Crippen molar-refractivity contribution in [2.45, 2.75) is 38.8 Å². The number of carbonyl (C=O) groups is 1. The van der Waals surface area contributed by atoms with Crippen LogP contribution in [0.5, 0.6) is 0 Å². The summed E-state index contributed by atoms with van der Waals surface area (Å²) in [6, 6.07) is 7.71. The van der Waals surface area contributed by atoms with E-state index in [0.29, 0.717) is 18.7 Å². The molecular formula is C16H20BrN3O2. The molecular weight excluding hydrogens is 346 g/mol. The molecule has 1 aromatic carbocycles. The summed E-state index contributed by atoms with van der Waals surface area (Å²) in [7, 11) is 0. The number of amides is 1. The van der Waals surface area contributed by atoms with E-state index in [1.807, 2.05) is 26.8 Å². The predicted molar refractivity (Wildman–Crippen MR) is 88.7 cm³/mol. The first kappa shape index (κ1) is 16.6. The Kier molecular flexibility index (Phi) is 4.97. The number of rotatable bonds is 2. The molecule has 5 nitrogen and oxygen atoms in total. The maximum absolute atomic E-state index is 12.0. The van der Waals surface area contributed by atoms with Crippen LogP contribution in [0.3, 0.4) is 0 Å². The molecule has 1 aliphatic rings. The lowest BCUT2D eigenvalue weighted by Gasteiger charge is -2.24. The van der Waals surface area contributed by atoms with Gasteiger partial charge in [-0.05, 0) is 61.3 Å². The van der Waals surface area contributed by atoms with Crippen LogP contribution in [0.15, 0.2) is 22.7 Å². The van der Waals surface area contributed by atoms with Crippen LogP contribution in [0.25, 0.3) is 0 Å². The van der Waals surface area contributed by atoms with E-state index < -0.39 is 5.60 Å². The van der Waals surface area contributed by atoms with E-state index in [9.17, 15) is 4.79 Å². The number of carbonyl (C=O) groups excluding carboxylic acids is 1. The number of anilines is 1. The third kappa shape index (κ3) is 4.38. The summed E-state index contributed by atoms with van der Waals surface area (Å²) >= 11 is 3.46. The van der Waals surface area contributed by atoms with Crippen LogP contribution < -0.4 is 5.32 Å². The molecule has 6 heteroatoms. The fourth-order valence-corrected chi connectivity index (χ4v) is 2.79. The van der Waals surface area contributed by atoms with Crippen LogP contribution in [0.1, 0.15) is 32.8 Å². The summed E-state index contributed by atoms with van der Waals surface area (Å²) < 4.78 is 6.24. The lowest BCUT2D eigenvalue weighted by Crippen LogP contribution is -2.36. The lowest BCUT2D eigenvalue weighted by molar-refractivity contribution is 0.0293. The van der Waals surface area contributed by atoms with Gasteiger partial charge in [0, 0.05) is 29.3 Å². The average molecular weight is 366 g/mol. The number of nitrogens with one attached hydrogen (secondary N) is 1. The van der Waals surface area contributed by atoms with Gasteiger partial charge in [0.05, 0.1) is 11.6 Å². The van der Waals surface area contributed by atoms with Gasteiger partial charge in [-0.15, -0.1) is 0 Å². The summed E-state index contributed by atoms with van der Waals surface area (Å²) in [5.74, 6) is 0. The number of likely N-dealkylation sites (tertiary alicyclic amines) is 1. The van der Waals surface area contributed by atoms with Crippen molar-refractivity contribution in [3.8, 4) is 6.07 Å². The van der Waals surface area contributed by atoms with Crippen molar-refractivity contribution in [3.05, 3.63) is 28.2 Å². The van der Waals surface area contributed by atoms with Gasteiger partial charge >= 0.3 is 6.09 Å². The number of hydrogen-bond acceptors (Lipinski definition) is 4. The minimum Gasteiger partial charge on any atom is -0.444 e. The summed E-state index contributed by atoms with van der Waals surface area (Å²) in [5.41, 5.74) is 1.06. The van der Waals surface area contributed by atoms with Gasteiger partial charge in [-0.3, -0.25) is 0 Å². The van der Waals surface area contributed by atoms with Crippen molar-refractivity contribution in [2.75, 3.05) is 18.4 Å². The van der Waals surface area contributed by atoms with Crippen molar-refractivity contribution in [2.24, 2.45) is 0 Å². The van der Waals surface area contributed by atoms with Crippen LogP contribution in [-0.4, -0.2) is 35.7 Å². The molecule has 0 bridgehead atoms. The third-order valence-electron chi connectivity index (χ3n) is 3.30. The molecule has 2 rings (SSSR count). The summed E-state index contributed by atoms with van der Waals surface area (Å²) in [6.45, 7) is 6.89. The number of hydrogen-bond donors (Lipinski definition) is 1. The zero-order valence-electron chi connectivity index (χ0n) is 13.0. The second-order valence-corrected chi connectivity index (χ2v) is 7.22. The average Bonchev–Trinajstić information content (AvgIpc) is 2.88. The fourth-order valence-electron chi connectivity index (χ4n) is 2.29. The molecule has 1 atom stereocenters. The molecule has 22 heavy (non-hydrogen) atoms. The van der Waals surface area contributed by atoms with Gasteiger partial charge in [-0.1, -0.05) is 0 Å². The molecule has 118 valence electrons.